The Morgan fingerprint density at radius 2 is 0.816 bits per heavy atom. The molecule has 4 nitrogen and oxygen atoms in total. The minimum atomic E-state index is -0.00735. The largest absolute Gasteiger partial charge is 0.466 e. The molecule has 0 aromatic rings. The molecule has 0 aliphatic carbocycles. The maximum absolute atomic E-state index is 12.1. The molecule has 0 fully saturated rings. The van der Waals surface area contributed by atoms with Crippen LogP contribution in [-0.2, 0) is 19.1 Å². The van der Waals surface area contributed by atoms with Crippen molar-refractivity contribution >= 4 is 11.9 Å². The van der Waals surface area contributed by atoms with Gasteiger partial charge in [-0.1, -0.05) is 131 Å². The average molecular weight is 539 g/mol. The van der Waals surface area contributed by atoms with E-state index in [0.29, 0.717) is 19.6 Å². The van der Waals surface area contributed by atoms with Gasteiger partial charge in [-0.3, -0.25) is 9.59 Å². The Bertz CT molecular complexity index is 529. The third-order valence-electron chi connectivity index (χ3n) is 7.53. The van der Waals surface area contributed by atoms with Gasteiger partial charge in [-0.15, -0.1) is 0 Å². The summed E-state index contributed by atoms with van der Waals surface area (Å²) in [7, 11) is 0. The Kier molecular flexibility index (Phi) is 26.7. The monoisotopic (exact) mass is 538 g/mol. The Labute approximate surface area is 237 Å². The number of hydrogen-bond acceptors (Lipinski definition) is 4. The van der Waals surface area contributed by atoms with Crippen LogP contribution < -0.4 is 0 Å². The van der Waals surface area contributed by atoms with Gasteiger partial charge in [-0.25, -0.2) is 0 Å². The van der Waals surface area contributed by atoms with Gasteiger partial charge in [-0.05, 0) is 50.4 Å². The molecule has 0 radical (unpaired) electrons. The third kappa shape index (κ3) is 28.0. The number of carbonyl (C=O) groups excluding carboxylic acids is 2. The second-order valence-corrected chi connectivity index (χ2v) is 12.6. The first-order valence-corrected chi connectivity index (χ1v) is 16.6. The summed E-state index contributed by atoms with van der Waals surface area (Å²) in [5.74, 6) is 1.51. The van der Waals surface area contributed by atoms with Gasteiger partial charge in [-0.2, -0.15) is 0 Å². The molecule has 4 heteroatoms. The molecule has 226 valence electrons. The van der Waals surface area contributed by atoms with Gasteiger partial charge < -0.3 is 9.47 Å². The fourth-order valence-corrected chi connectivity index (χ4v) is 4.84. The zero-order valence-corrected chi connectivity index (χ0v) is 26.3. The number of esters is 2. The first kappa shape index (κ1) is 36.9. The van der Waals surface area contributed by atoms with Gasteiger partial charge in [0.05, 0.1) is 19.1 Å². The first-order chi connectivity index (χ1) is 18.3. The van der Waals surface area contributed by atoms with Crippen molar-refractivity contribution in [2.75, 3.05) is 13.2 Å². The van der Waals surface area contributed by atoms with Crippen LogP contribution in [0.3, 0.4) is 0 Å². The second kappa shape index (κ2) is 27.5. The molecular formula is C34H66O4. The summed E-state index contributed by atoms with van der Waals surface area (Å²) in [5, 5.41) is 0. The Morgan fingerprint density at radius 1 is 0.447 bits per heavy atom. The van der Waals surface area contributed by atoms with Crippen LogP contribution in [0.2, 0.25) is 0 Å². The average Bonchev–Trinajstić information content (AvgIpc) is 2.87. The summed E-state index contributed by atoms with van der Waals surface area (Å²) < 4.78 is 10.8. The van der Waals surface area contributed by atoms with Crippen LogP contribution in [0, 0.1) is 17.8 Å². The lowest BCUT2D eigenvalue weighted by molar-refractivity contribution is -0.148. The zero-order chi connectivity index (χ0) is 28.3. The summed E-state index contributed by atoms with van der Waals surface area (Å²) in [6.07, 6.45) is 26.1. The number of carbonyl (C=O) groups is 2. The van der Waals surface area contributed by atoms with E-state index in [9.17, 15) is 9.59 Å². The van der Waals surface area contributed by atoms with Gasteiger partial charge in [0.15, 0.2) is 0 Å². The molecule has 1 atom stereocenters. The number of unbranched alkanes of at least 4 members (excludes halogenated alkanes) is 15. The SMILES string of the molecule is CC(C)CCCCOC(=O)CCCCCCCCCCCCCCCCC(C)C(=O)OCCCCC(C)C. The van der Waals surface area contributed by atoms with E-state index >= 15 is 0 Å². The Morgan fingerprint density at radius 3 is 1.26 bits per heavy atom. The van der Waals surface area contributed by atoms with Crippen LogP contribution in [0.15, 0.2) is 0 Å². The molecule has 0 aliphatic rings. The fraction of sp³-hybridized carbons (Fsp3) is 0.941. The molecule has 0 saturated heterocycles. The lowest BCUT2D eigenvalue weighted by Crippen LogP contribution is -2.15. The highest BCUT2D eigenvalue weighted by Gasteiger charge is 2.13. The lowest BCUT2D eigenvalue weighted by Gasteiger charge is -2.11. The predicted octanol–water partition coefficient (Wildman–Crippen LogP) is 10.6. The highest BCUT2D eigenvalue weighted by Crippen LogP contribution is 2.16. The highest BCUT2D eigenvalue weighted by atomic mass is 16.5. The standard InChI is InChI=1S/C34H66O4/c1-30(2)24-20-22-28-37-33(35)27-19-17-15-13-11-9-7-6-8-10-12-14-16-18-26-32(5)34(36)38-29-23-21-25-31(3)4/h30-32H,6-29H2,1-5H3. The summed E-state index contributed by atoms with van der Waals surface area (Å²) in [6, 6.07) is 0. The van der Waals surface area contributed by atoms with E-state index in [1.807, 2.05) is 6.92 Å². The zero-order valence-electron chi connectivity index (χ0n) is 26.3. The third-order valence-corrected chi connectivity index (χ3v) is 7.53. The van der Waals surface area contributed by atoms with Gasteiger partial charge in [0.1, 0.15) is 0 Å². The molecule has 38 heavy (non-hydrogen) atoms. The maximum Gasteiger partial charge on any atom is 0.308 e. The van der Waals surface area contributed by atoms with E-state index in [1.54, 1.807) is 0 Å². The van der Waals surface area contributed by atoms with Crippen LogP contribution in [0.5, 0.6) is 0 Å². The van der Waals surface area contributed by atoms with Crippen molar-refractivity contribution < 1.29 is 19.1 Å². The summed E-state index contributed by atoms with van der Waals surface area (Å²) in [4.78, 5) is 23.8. The minimum Gasteiger partial charge on any atom is -0.466 e. The highest BCUT2D eigenvalue weighted by molar-refractivity contribution is 5.71. The molecule has 0 heterocycles. The first-order valence-electron chi connectivity index (χ1n) is 16.6. The van der Waals surface area contributed by atoms with E-state index in [2.05, 4.69) is 27.7 Å². The van der Waals surface area contributed by atoms with Crippen LogP contribution in [-0.4, -0.2) is 25.2 Å². The molecule has 0 aromatic heterocycles. The summed E-state index contributed by atoms with van der Waals surface area (Å²) in [5.41, 5.74) is 0. The Balaban J connectivity index is 3.29. The maximum atomic E-state index is 12.1. The van der Waals surface area contributed by atoms with Gasteiger partial charge in [0, 0.05) is 6.42 Å². The van der Waals surface area contributed by atoms with E-state index in [1.165, 1.54) is 83.5 Å². The van der Waals surface area contributed by atoms with Crippen LogP contribution in [0.25, 0.3) is 0 Å². The molecule has 0 spiro atoms. The van der Waals surface area contributed by atoms with E-state index in [4.69, 9.17) is 9.47 Å². The fourth-order valence-electron chi connectivity index (χ4n) is 4.84. The predicted molar refractivity (Wildman–Crippen MR) is 162 cm³/mol. The molecule has 0 N–H and O–H groups in total. The van der Waals surface area contributed by atoms with E-state index in [-0.39, 0.29) is 17.9 Å². The normalized spacial score (nSPS) is 12.3. The summed E-state index contributed by atoms with van der Waals surface area (Å²) in [6.45, 7) is 12.1. The molecule has 0 amide bonds. The molecule has 0 aromatic carbocycles. The van der Waals surface area contributed by atoms with Crippen molar-refractivity contribution in [1.82, 2.24) is 0 Å². The Hall–Kier alpha value is -1.06. The van der Waals surface area contributed by atoms with E-state index < -0.39 is 0 Å². The summed E-state index contributed by atoms with van der Waals surface area (Å²) >= 11 is 0. The number of hydrogen-bond donors (Lipinski definition) is 0. The quantitative estimate of drug-likeness (QED) is 0.0734. The van der Waals surface area contributed by atoms with Crippen molar-refractivity contribution in [2.45, 2.75) is 176 Å². The smallest absolute Gasteiger partial charge is 0.308 e. The molecule has 0 rings (SSSR count). The van der Waals surface area contributed by atoms with Crippen LogP contribution in [0.4, 0.5) is 0 Å². The molecule has 0 aliphatic heterocycles. The van der Waals surface area contributed by atoms with Crippen molar-refractivity contribution in [3.8, 4) is 0 Å². The molecule has 0 saturated carbocycles. The van der Waals surface area contributed by atoms with Crippen molar-refractivity contribution in [3.05, 3.63) is 0 Å². The van der Waals surface area contributed by atoms with Crippen LogP contribution >= 0.6 is 0 Å². The molecule has 1 unspecified atom stereocenters. The lowest BCUT2D eigenvalue weighted by atomic mass is 10.0. The molecular weight excluding hydrogens is 472 g/mol. The second-order valence-electron chi connectivity index (χ2n) is 12.6. The van der Waals surface area contributed by atoms with Crippen molar-refractivity contribution in [1.29, 1.82) is 0 Å². The molecule has 0 bridgehead atoms. The van der Waals surface area contributed by atoms with Crippen molar-refractivity contribution in [3.63, 3.8) is 0 Å². The van der Waals surface area contributed by atoms with E-state index in [0.717, 1.165) is 63.2 Å². The topological polar surface area (TPSA) is 52.6 Å². The number of rotatable bonds is 28. The van der Waals surface area contributed by atoms with Gasteiger partial charge in [0.2, 0.25) is 0 Å². The minimum absolute atomic E-state index is 0.00231. The van der Waals surface area contributed by atoms with Gasteiger partial charge >= 0.3 is 11.9 Å². The number of ether oxygens (including phenoxy) is 2. The van der Waals surface area contributed by atoms with Gasteiger partial charge in [0.25, 0.3) is 0 Å². The van der Waals surface area contributed by atoms with Crippen molar-refractivity contribution in [2.24, 2.45) is 17.8 Å². The van der Waals surface area contributed by atoms with Crippen LogP contribution in [0.1, 0.15) is 176 Å².